The second kappa shape index (κ2) is 4.56. The van der Waals surface area contributed by atoms with Gasteiger partial charge in [-0.15, -0.1) is 0 Å². The summed E-state index contributed by atoms with van der Waals surface area (Å²) in [6, 6.07) is -1.11. The third-order valence-corrected chi connectivity index (χ3v) is 2.05. The van der Waals surface area contributed by atoms with Gasteiger partial charge in [0, 0.05) is 4.91 Å². The van der Waals surface area contributed by atoms with E-state index in [1.165, 1.54) is 0 Å². The number of hydrogen-bond donors (Lipinski definition) is 4. The average molecular weight is 205 g/mol. The molecule has 8 nitrogen and oxygen atoms in total. The lowest BCUT2D eigenvalue weighted by Gasteiger charge is -2.37. The molecular weight excluding hydrogens is 194 g/mol. The van der Waals surface area contributed by atoms with Crippen LogP contribution in [0.3, 0.4) is 0 Å². The van der Waals surface area contributed by atoms with Gasteiger partial charge in [0.2, 0.25) is 0 Å². The summed E-state index contributed by atoms with van der Waals surface area (Å²) in [5.41, 5.74) is 8.17. The van der Waals surface area contributed by atoms with E-state index in [1.807, 2.05) is 0 Å². The molecular formula is C6H11N3O5. The minimum Gasteiger partial charge on any atom is -0.394 e. The van der Waals surface area contributed by atoms with Crippen LogP contribution in [0, 0.1) is 0 Å². The number of rotatable bonds is 2. The van der Waals surface area contributed by atoms with E-state index in [0.717, 1.165) is 0 Å². The lowest BCUT2D eigenvalue weighted by molar-refractivity contribution is -0.258. The highest BCUT2D eigenvalue weighted by molar-refractivity contribution is 4.93. The van der Waals surface area contributed by atoms with E-state index in [1.54, 1.807) is 0 Å². The number of azide groups is 1. The van der Waals surface area contributed by atoms with Gasteiger partial charge in [0.1, 0.15) is 6.10 Å². The van der Waals surface area contributed by atoms with Gasteiger partial charge in [-0.3, -0.25) is 0 Å². The van der Waals surface area contributed by atoms with Gasteiger partial charge < -0.3 is 25.2 Å². The summed E-state index contributed by atoms with van der Waals surface area (Å²) in [4.78, 5) is 2.45. The first-order valence-corrected chi connectivity index (χ1v) is 3.96. The van der Waals surface area contributed by atoms with Crippen LogP contribution in [0.5, 0.6) is 0 Å². The number of aliphatic hydroxyl groups is 4. The summed E-state index contributed by atoms with van der Waals surface area (Å²) in [6.45, 7) is -0.523. The maximum atomic E-state index is 9.37. The molecule has 1 fully saturated rings. The third kappa shape index (κ3) is 1.95. The van der Waals surface area contributed by atoms with Crippen LogP contribution in [0.2, 0.25) is 0 Å². The Morgan fingerprint density at radius 2 is 1.93 bits per heavy atom. The maximum absolute atomic E-state index is 9.37. The first-order valence-electron chi connectivity index (χ1n) is 3.96. The van der Waals surface area contributed by atoms with E-state index in [0.29, 0.717) is 0 Å². The van der Waals surface area contributed by atoms with Gasteiger partial charge in [-0.2, -0.15) is 0 Å². The first kappa shape index (κ1) is 11.2. The molecule has 5 atom stereocenters. The van der Waals surface area contributed by atoms with Gasteiger partial charge in [0.25, 0.3) is 0 Å². The molecule has 0 aromatic heterocycles. The van der Waals surface area contributed by atoms with Crippen LogP contribution < -0.4 is 0 Å². The van der Waals surface area contributed by atoms with Crippen LogP contribution in [-0.4, -0.2) is 57.7 Å². The molecule has 0 aromatic rings. The Hall–Kier alpha value is -0.890. The Balaban J connectivity index is 2.82. The summed E-state index contributed by atoms with van der Waals surface area (Å²) in [5, 5.41) is 39.6. The Morgan fingerprint density at radius 3 is 2.43 bits per heavy atom. The quantitative estimate of drug-likeness (QED) is 0.237. The highest BCUT2D eigenvalue weighted by Gasteiger charge is 2.43. The van der Waals surface area contributed by atoms with Crippen molar-refractivity contribution in [3.63, 3.8) is 0 Å². The van der Waals surface area contributed by atoms with Crippen LogP contribution in [0.25, 0.3) is 10.4 Å². The van der Waals surface area contributed by atoms with Crippen LogP contribution in [0.15, 0.2) is 5.11 Å². The standard InChI is InChI=1S/C6H11N3O5/c7-9-8-3-2(1-10)14-6(13)5(12)4(3)11/h2-6,10-13H,1H2/t2-,3-,4+,5+,6?/m1/s1. The summed E-state index contributed by atoms with van der Waals surface area (Å²) in [6.07, 6.45) is -5.60. The molecule has 0 saturated carbocycles. The zero-order valence-corrected chi connectivity index (χ0v) is 7.13. The van der Waals surface area contributed by atoms with Crippen molar-refractivity contribution in [2.75, 3.05) is 6.61 Å². The Bertz CT molecular complexity index is 242. The Morgan fingerprint density at radius 1 is 1.29 bits per heavy atom. The van der Waals surface area contributed by atoms with Gasteiger partial charge in [-0.05, 0) is 5.53 Å². The van der Waals surface area contributed by atoms with Crippen LogP contribution in [0.4, 0.5) is 0 Å². The van der Waals surface area contributed by atoms with Crippen molar-refractivity contribution in [3.05, 3.63) is 10.4 Å². The lowest BCUT2D eigenvalue weighted by atomic mass is 9.97. The predicted molar refractivity (Wildman–Crippen MR) is 42.9 cm³/mol. The molecule has 0 spiro atoms. The second-order valence-corrected chi connectivity index (χ2v) is 2.92. The van der Waals surface area contributed by atoms with Gasteiger partial charge >= 0.3 is 0 Å². The van der Waals surface area contributed by atoms with Crippen LogP contribution >= 0.6 is 0 Å². The highest BCUT2D eigenvalue weighted by atomic mass is 16.6. The predicted octanol–water partition coefficient (Wildman–Crippen LogP) is -1.90. The van der Waals surface area contributed by atoms with E-state index in [4.69, 9.17) is 25.6 Å². The van der Waals surface area contributed by atoms with Crippen molar-refractivity contribution >= 4 is 0 Å². The van der Waals surface area contributed by atoms with Gasteiger partial charge in [0.05, 0.1) is 24.9 Å². The summed E-state index contributed by atoms with van der Waals surface area (Å²) >= 11 is 0. The summed E-state index contributed by atoms with van der Waals surface area (Å²) in [5.74, 6) is 0. The number of aliphatic hydroxyl groups excluding tert-OH is 4. The number of hydrogen-bond acceptors (Lipinski definition) is 6. The molecule has 4 N–H and O–H groups in total. The number of nitrogens with zero attached hydrogens (tertiary/aromatic N) is 3. The fraction of sp³-hybridized carbons (Fsp3) is 1.00. The minimum absolute atomic E-state index is 0.523. The second-order valence-electron chi connectivity index (χ2n) is 2.92. The highest BCUT2D eigenvalue weighted by Crippen LogP contribution is 2.22. The molecule has 1 aliphatic rings. The smallest absolute Gasteiger partial charge is 0.183 e. The Kier molecular flexibility index (Phi) is 3.64. The molecule has 0 aliphatic carbocycles. The van der Waals surface area contributed by atoms with E-state index in [2.05, 4.69) is 10.0 Å². The van der Waals surface area contributed by atoms with Crippen molar-refractivity contribution in [1.29, 1.82) is 0 Å². The monoisotopic (exact) mass is 205 g/mol. The van der Waals surface area contributed by atoms with Crippen molar-refractivity contribution in [2.45, 2.75) is 30.6 Å². The van der Waals surface area contributed by atoms with Gasteiger partial charge in [-0.25, -0.2) is 0 Å². The molecule has 0 aromatic carbocycles. The zero-order valence-electron chi connectivity index (χ0n) is 7.13. The average Bonchev–Trinajstić information content (AvgIpc) is 2.19. The first-order chi connectivity index (χ1) is 6.61. The van der Waals surface area contributed by atoms with Crippen molar-refractivity contribution in [3.8, 4) is 0 Å². The summed E-state index contributed by atoms with van der Waals surface area (Å²) in [7, 11) is 0. The maximum Gasteiger partial charge on any atom is 0.183 e. The molecule has 0 bridgehead atoms. The van der Waals surface area contributed by atoms with Crippen LogP contribution in [0.1, 0.15) is 0 Å². The molecule has 14 heavy (non-hydrogen) atoms. The van der Waals surface area contributed by atoms with Gasteiger partial charge in [0.15, 0.2) is 6.29 Å². The largest absolute Gasteiger partial charge is 0.394 e. The van der Waals surface area contributed by atoms with E-state index >= 15 is 0 Å². The van der Waals surface area contributed by atoms with Crippen molar-refractivity contribution < 1.29 is 25.2 Å². The number of ether oxygens (including phenoxy) is 1. The lowest BCUT2D eigenvalue weighted by Crippen LogP contribution is -2.57. The van der Waals surface area contributed by atoms with E-state index in [-0.39, 0.29) is 0 Å². The molecule has 0 amide bonds. The van der Waals surface area contributed by atoms with Crippen molar-refractivity contribution in [2.24, 2.45) is 5.11 Å². The van der Waals surface area contributed by atoms with E-state index in [9.17, 15) is 5.11 Å². The normalized spacial score (nSPS) is 43.0. The topological polar surface area (TPSA) is 139 Å². The molecule has 1 aliphatic heterocycles. The van der Waals surface area contributed by atoms with Gasteiger partial charge in [-0.1, -0.05) is 5.11 Å². The SMILES string of the molecule is [N-]=[N+]=N[C@H]1[C@H](O)[C@H](O)C(O)O[C@@H]1CO. The van der Waals surface area contributed by atoms with Crippen molar-refractivity contribution in [1.82, 2.24) is 0 Å². The van der Waals surface area contributed by atoms with Crippen LogP contribution in [-0.2, 0) is 4.74 Å². The fourth-order valence-electron chi connectivity index (χ4n) is 1.28. The molecule has 8 heteroatoms. The molecule has 1 saturated heterocycles. The molecule has 1 unspecified atom stereocenters. The molecule has 1 heterocycles. The van der Waals surface area contributed by atoms with E-state index < -0.39 is 37.3 Å². The molecule has 1 rings (SSSR count). The summed E-state index contributed by atoms with van der Waals surface area (Å²) < 4.78 is 4.71. The fourth-order valence-corrected chi connectivity index (χ4v) is 1.28. The third-order valence-electron chi connectivity index (χ3n) is 2.05. The molecule has 0 radical (unpaired) electrons. The molecule has 80 valence electrons. The Labute approximate surface area is 79.0 Å². The minimum atomic E-state index is -1.59. The zero-order chi connectivity index (χ0) is 10.7.